The lowest BCUT2D eigenvalue weighted by Crippen LogP contribution is -2.31. The van der Waals surface area contributed by atoms with E-state index < -0.39 is 0 Å². The van der Waals surface area contributed by atoms with E-state index in [0.29, 0.717) is 23.0 Å². The third kappa shape index (κ3) is 3.78. The largest absolute Gasteiger partial charge is 0.494 e. The highest BCUT2D eigenvalue weighted by Crippen LogP contribution is 2.37. The predicted molar refractivity (Wildman–Crippen MR) is 122 cm³/mol. The van der Waals surface area contributed by atoms with Crippen molar-refractivity contribution in [3.63, 3.8) is 0 Å². The lowest BCUT2D eigenvalue weighted by atomic mass is 10.0. The number of methoxy groups -OCH3 is 1. The standard InChI is InChI=1S/C24H23N3O2S/c1-15-7-9-19(17(3)12-15)23(28)27(14-18-6-5-11-25-13-18)24-26-21-20(29-4)10-8-16(2)22(21)30-24/h5-13H,14H2,1-4H3. The van der Waals surface area contributed by atoms with E-state index in [4.69, 9.17) is 9.72 Å². The molecule has 0 saturated heterocycles. The van der Waals surface area contributed by atoms with Crippen LogP contribution in [0.3, 0.4) is 0 Å². The molecule has 5 nitrogen and oxygen atoms in total. The summed E-state index contributed by atoms with van der Waals surface area (Å²) in [7, 11) is 1.64. The Kier molecular flexibility index (Phi) is 5.50. The minimum absolute atomic E-state index is 0.0768. The molecule has 0 bridgehead atoms. The summed E-state index contributed by atoms with van der Waals surface area (Å²) in [5, 5.41) is 0.645. The predicted octanol–water partition coefficient (Wildman–Crippen LogP) is 5.47. The van der Waals surface area contributed by atoms with Gasteiger partial charge in [-0.3, -0.25) is 14.7 Å². The number of hydrogen-bond acceptors (Lipinski definition) is 5. The van der Waals surface area contributed by atoms with Gasteiger partial charge >= 0.3 is 0 Å². The zero-order valence-electron chi connectivity index (χ0n) is 17.5. The molecule has 0 radical (unpaired) electrons. The highest BCUT2D eigenvalue weighted by molar-refractivity contribution is 7.22. The molecular weight excluding hydrogens is 394 g/mol. The first-order valence-corrected chi connectivity index (χ1v) is 10.5. The molecule has 0 saturated carbocycles. The third-order valence-electron chi connectivity index (χ3n) is 5.06. The molecule has 0 aliphatic heterocycles. The Morgan fingerprint density at radius 1 is 1.10 bits per heavy atom. The fourth-order valence-corrected chi connectivity index (χ4v) is 4.53. The monoisotopic (exact) mass is 417 g/mol. The summed E-state index contributed by atoms with van der Waals surface area (Å²) in [6.45, 7) is 6.42. The van der Waals surface area contributed by atoms with Gasteiger partial charge in [-0.05, 0) is 55.7 Å². The van der Waals surface area contributed by atoms with Crippen molar-refractivity contribution in [1.82, 2.24) is 9.97 Å². The van der Waals surface area contributed by atoms with E-state index in [1.807, 2.05) is 63.2 Å². The van der Waals surface area contributed by atoms with Crippen LogP contribution in [-0.4, -0.2) is 23.0 Å². The van der Waals surface area contributed by atoms with Crippen LogP contribution in [-0.2, 0) is 6.54 Å². The second-order valence-corrected chi connectivity index (χ2v) is 8.31. The maximum absolute atomic E-state index is 13.6. The van der Waals surface area contributed by atoms with E-state index in [-0.39, 0.29) is 5.91 Å². The van der Waals surface area contributed by atoms with Crippen molar-refractivity contribution in [3.05, 3.63) is 82.7 Å². The molecule has 4 rings (SSSR count). The highest BCUT2D eigenvalue weighted by Gasteiger charge is 2.24. The van der Waals surface area contributed by atoms with E-state index >= 15 is 0 Å². The molecule has 0 spiro atoms. The van der Waals surface area contributed by atoms with Crippen LogP contribution in [0.2, 0.25) is 0 Å². The molecule has 0 aliphatic carbocycles. The Hall–Kier alpha value is -3.25. The average Bonchev–Trinajstić information content (AvgIpc) is 3.19. The van der Waals surface area contributed by atoms with Crippen molar-refractivity contribution in [2.75, 3.05) is 12.0 Å². The van der Waals surface area contributed by atoms with E-state index in [0.717, 1.165) is 32.5 Å². The van der Waals surface area contributed by atoms with Crippen LogP contribution in [0, 0.1) is 20.8 Å². The SMILES string of the molecule is COc1ccc(C)c2sc(N(Cc3cccnc3)C(=O)c3ccc(C)cc3C)nc12. The molecule has 0 N–H and O–H groups in total. The summed E-state index contributed by atoms with van der Waals surface area (Å²) in [4.78, 5) is 24.4. The number of amides is 1. The second kappa shape index (κ2) is 8.24. The van der Waals surface area contributed by atoms with E-state index in [2.05, 4.69) is 4.98 Å². The quantitative estimate of drug-likeness (QED) is 0.432. The zero-order chi connectivity index (χ0) is 21.3. The molecule has 4 aromatic rings. The van der Waals surface area contributed by atoms with Gasteiger partial charge in [-0.15, -0.1) is 0 Å². The lowest BCUT2D eigenvalue weighted by Gasteiger charge is -2.21. The Balaban J connectivity index is 1.84. The van der Waals surface area contributed by atoms with Gasteiger partial charge in [0.2, 0.25) is 0 Å². The van der Waals surface area contributed by atoms with Gasteiger partial charge in [0.05, 0.1) is 18.4 Å². The zero-order valence-corrected chi connectivity index (χ0v) is 18.3. The summed E-state index contributed by atoms with van der Waals surface area (Å²) < 4.78 is 6.52. The van der Waals surface area contributed by atoms with Crippen LogP contribution in [0.5, 0.6) is 5.75 Å². The van der Waals surface area contributed by atoms with Gasteiger partial charge in [-0.2, -0.15) is 0 Å². The fraction of sp³-hybridized carbons (Fsp3) is 0.208. The minimum Gasteiger partial charge on any atom is -0.494 e. The van der Waals surface area contributed by atoms with Crippen LogP contribution in [0.15, 0.2) is 54.9 Å². The van der Waals surface area contributed by atoms with E-state index in [1.165, 1.54) is 11.3 Å². The number of fused-ring (bicyclic) bond motifs is 1. The molecule has 2 aromatic carbocycles. The van der Waals surface area contributed by atoms with Crippen molar-refractivity contribution in [3.8, 4) is 5.75 Å². The van der Waals surface area contributed by atoms with Gasteiger partial charge < -0.3 is 4.74 Å². The number of rotatable bonds is 5. The smallest absolute Gasteiger partial charge is 0.260 e. The lowest BCUT2D eigenvalue weighted by molar-refractivity contribution is 0.0984. The molecule has 30 heavy (non-hydrogen) atoms. The molecule has 0 unspecified atom stereocenters. The van der Waals surface area contributed by atoms with Crippen molar-refractivity contribution >= 4 is 32.6 Å². The molecule has 0 atom stereocenters. The molecule has 0 aliphatic rings. The van der Waals surface area contributed by atoms with Gasteiger partial charge in [0.25, 0.3) is 5.91 Å². The molecule has 2 aromatic heterocycles. The molecule has 152 valence electrons. The number of hydrogen-bond donors (Lipinski definition) is 0. The minimum atomic E-state index is -0.0768. The van der Waals surface area contributed by atoms with Gasteiger partial charge in [-0.25, -0.2) is 4.98 Å². The van der Waals surface area contributed by atoms with Crippen LogP contribution in [0.25, 0.3) is 10.2 Å². The van der Waals surface area contributed by atoms with Gasteiger partial charge in [-0.1, -0.05) is 41.2 Å². The summed E-state index contributed by atoms with van der Waals surface area (Å²) in [5.74, 6) is 0.630. The van der Waals surface area contributed by atoms with Crippen LogP contribution in [0.4, 0.5) is 5.13 Å². The van der Waals surface area contributed by atoms with Crippen LogP contribution >= 0.6 is 11.3 Å². The van der Waals surface area contributed by atoms with Crippen molar-refractivity contribution in [2.24, 2.45) is 0 Å². The first kappa shape index (κ1) is 20.0. The molecule has 6 heteroatoms. The van der Waals surface area contributed by atoms with Crippen LogP contribution < -0.4 is 9.64 Å². The number of benzene rings is 2. The number of anilines is 1. The topological polar surface area (TPSA) is 55.3 Å². The van der Waals surface area contributed by atoms with Gasteiger partial charge in [0, 0.05) is 18.0 Å². The van der Waals surface area contributed by atoms with E-state index in [1.54, 1.807) is 24.4 Å². The first-order valence-electron chi connectivity index (χ1n) is 9.70. The van der Waals surface area contributed by atoms with Gasteiger partial charge in [0.1, 0.15) is 11.3 Å². The van der Waals surface area contributed by atoms with Gasteiger partial charge in [0.15, 0.2) is 5.13 Å². The Labute approximate surface area is 180 Å². The van der Waals surface area contributed by atoms with Crippen molar-refractivity contribution in [1.29, 1.82) is 0 Å². The third-order valence-corrected chi connectivity index (χ3v) is 6.28. The van der Waals surface area contributed by atoms with E-state index in [9.17, 15) is 4.79 Å². The number of pyridine rings is 1. The normalized spacial score (nSPS) is 10.9. The van der Waals surface area contributed by atoms with Crippen molar-refractivity contribution in [2.45, 2.75) is 27.3 Å². The summed E-state index contributed by atoms with van der Waals surface area (Å²) >= 11 is 1.51. The maximum Gasteiger partial charge on any atom is 0.260 e. The highest BCUT2D eigenvalue weighted by atomic mass is 32.1. The second-order valence-electron chi connectivity index (χ2n) is 7.33. The number of carbonyl (C=O) groups is 1. The number of aromatic nitrogens is 2. The number of aryl methyl sites for hydroxylation is 3. The Morgan fingerprint density at radius 2 is 1.93 bits per heavy atom. The maximum atomic E-state index is 13.6. The summed E-state index contributed by atoms with van der Waals surface area (Å²) in [6, 6.07) is 13.7. The van der Waals surface area contributed by atoms with Crippen LogP contribution in [0.1, 0.15) is 32.6 Å². The molecule has 2 heterocycles. The summed E-state index contributed by atoms with van der Waals surface area (Å²) in [6.07, 6.45) is 3.51. The fourth-order valence-electron chi connectivity index (χ4n) is 3.48. The first-order chi connectivity index (χ1) is 14.5. The summed E-state index contributed by atoms with van der Waals surface area (Å²) in [5.41, 5.74) is 5.58. The number of carbonyl (C=O) groups excluding carboxylic acids is 1. The molecule has 1 amide bonds. The average molecular weight is 418 g/mol. The number of thiazole rings is 1. The Bertz CT molecular complexity index is 1220. The number of ether oxygens (including phenoxy) is 1. The van der Waals surface area contributed by atoms with Crippen molar-refractivity contribution < 1.29 is 9.53 Å². The molecular formula is C24H23N3O2S. The molecule has 0 fully saturated rings. The Morgan fingerprint density at radius 3 is 2.63 bits per heavy atom. The number of nitrogens with zero attached hydrogens (tertiary/aromatic N) is 3.